The van der Waals surface area contributed by atoms with E-state index in [0.29, 0.717) is 17.7 Å². The molecule has 0 aliphatic rings. The quantitative estimate of drug-likeness (QED) is 0.166. The first kappa shape index (κ1) is 32.3. The molecule has 3 aromatic heterocycles. The van der Waals surface area contributed by atoms with E-state index in [9.17, 15) is 0 Å². The first-order valence-corrected chi connectivity index (χ1v) is 15.1. The fraction of sp³-hybridized carbons (Fsp3) is 0.0488. The van der Waals surface area contributed by atoms with E-state index in [-0.39, 0.29) is 20.1 Å². The number of hydrogen-bond acceptors (Lipinski definition) is 6. The maximum atomic E-state index is 5.67. The van der Waals surface area contributed by atoms with Gasteiger partial charge in [-0.1, -0.05) is 66.9 Å². The molecule has 0 saturated heterocycles. The van der Waals surface area contributed by atoms with E-state index in [2.05, 4.69) is 33.2 Å². The van der Waals surface area contributed by atoms with Crippen molar-refractivity contribution in [2.24, 2.45) is 0 Å². The van der Waals surface area contributed by atoms with Gasteiger partial charge in [0.15, 0.2) is 0 Å². The zero-order valence-electron chi connectivity index (χ0n) is 26.1. The molecular formula is C41H28IrN3O3. The Kier molecular flexibility index (Phi) is 10.0. The Bertz CT molecular complexity index is 2200. The Hall–Kier alpha value is -5.62. The molecule has 9 aromatic rings. The molecule has 48 heavy (non-hydrogen) atoms. The molecule has 0 aliphatic carbocycles. The van der Waals surface area contributed by atoms with Crippen LogP contribution in [0.1, 0.15) is 11.1 Å². The van der Waals surface area contributed by atoms with Gasteiger partial charge in [0, 0.05) is 0 Å². The van der Waals surface area contributed by atoms with Crippen molar-refractivity contribution in [1.82, 2.24) is 15.0 Å². The SMILES string of the molecule is Cc1cc[c-]c(-c2nc3ccccc3o2)c1.Cc1cc[c-]c(-c2nc3ccccc3o2)c1.[Ir+3].[c-]1ccccc1-c1nc2ccccc2o1. The summed E-state index contributed by atoms with van der Waals surface area (Å²) in [4.78, 5) is 13.2. The van der Waals surface area contributed by atoms with Crippen LogP contribution in [0.15, 0.2) is 147 Å². The molecule has 0 saturated carbocycles. The predicted molar refractivity (Wildman–Crippen MR) is 184 cm³/mol. The second-order valence-electron chi connectivity index (χ2n) is 10.8. The standard InChI is InChI=1S/2C14H10NO.C13H8NO.Ir/c2*1-10-5-4-6-11(9-10)14-15-12-7-2-3-8-13(12)16-14;1-2-6-10(7-3-1)13-14-11-8-4-5-9-12(11)15-13;/h2*2-5,7-9H,1H3;1-6,8-9H;/q3*-1;+3. The van der Waals surface area contributed by atoms with Crippen molar-refractivity contribution in [2.75, 3.05) is 0 Å². The second kappa shape index (κ2) is 14.9. The van der Waals surface area contributed by atoms with Crippen LogP contribution in [0, 0.1) is 32.0 Å². The van der Waals surface area contributed by atoms with Crippen molar-refractivity contribution in [3.8, 4) is 34.4 Å². The van der Waals surface area contributed by atoms with Crippen molar-refractivity contribution >= 4 is 33.3 Å². The summed E-state index contributed by atoms with van der Waals surface area (Å²) in [6, 6.07) is 52.1. The van der Waals surface area contributed by atoms with E-state index in [0.717, 1.165) is 50.0 Å². The summed E-state index contributed by atoms with van der Waals surface area (Å²) in [7, 11) is 0. The molecule has 3 heterocycles. The maximum absolute atomic E-state index is 5.67. The fourth-order valence-corrected chi connectivity index (χ4v) is 4.90. The number of aromatic nitrogens is 3. The van der Waals surface area contributed by atoms with Gasteiger partial charge < -0.3 is 13.3 Å². The van der Waals surface area contributed by atoms with E-state index < -0.39 is 0 Å². The molecule has 0 amide bonds. The van der Waals surface area contributed by atoms with Crippen molar-refractivity contribution in [3.05, 3.63) is 163 Å². The number of nitrogens with zero attached hydrogens (tertiary/aromatic N) is 3. The van der Waals surface area contributed by atoms with Gasteiger partial charge in [0.2, 0.25) is 0 Å². The normalized spacial score (nSPS) is 10.5. The zero-order chi connectivity index (χ0) is 32.0. The molecule has 7 heteroatoms. The summed E-state index contributed by atoms with van der Waals surface area (Å²) >= 11 is 0. The average molecular weight is 803 g/mol. The summed E-state index contributed by atoms with van der Waals surface area (Å²) < 4.78 is 16.9. The Morgan fingerprint density at radius 1 is 0.417 bits per heavy atom. The Balaban J connectivity index is 0.000000124. The molecule has 0 radical (unpaired) electrons. The van der Waals surface area contributed by atoms with Gasteiger partial charge in [0.05, 0.1) is 16.6 Å². The first-order chi connectivity index (χ1) is 23.1. The number of para-hydroxylation sites is 6. The van der Waals surface area contributed by atoms with E-state index in [1.807, 2.05) is 147 Å². The first-order valence-electron chi connectivity index (χ1n) is 15.1. The van der Waals surface area contributed by atoms with Crippen LogP contribution in [-0.4, -0.2) is 15.0 Å². The van der Waals surface area contributed by atoms with Gasteiger partial charge in [-0.3, -0.25) is 15.0 Å². The van der Waals surface area contributed by atoms with E-state index in [1.165, 1.54) is 11.1 Å². The van der Waals surface area contributed by atoms with Crippen LogP contribution < -0.4 is 0 Å². The van der Waals surface area contributed by atoms with Crippen molar-refractivity contribution < 1.29 is 33.4 Å². The number of oxazole rings is 3. The number of fused-ring (bicyclic) bond motifs is 3. The molecule has 0 fully saturated rings. The molecule has 0 spiro atoms. The second-order valence-corrected chi connectivity index (χ2v) is 10.8. The summed E-state index contributed by atoms with van der Waals surface area (Å²) in [5, 5.41) is 0. The van der Waals surface area contributed by atoms with Crippen LogP contribution in [0.25, 0.3) is 67.7 Å². The topological polar surface area (TPSA) is 78.1 Å². The maximum Gasteiger partial charge on any atom is 3.00 e. The van der Waals surface area contributed by atoms with E-state index in [4.69, 9.17) is 13.3 Å². The minimum absolute atomic E-state index is 0. The van der Waals surface area contributed by atoms with Gasteiger partial charge in [-0.05, 0) is 36.4 Å². The van der Waals surface area contributed by atoms with E-state index in [1.54, 1.807) is 0 Å². The van der Waals surface area contributed by atoms with E-state index >= 15 is 0 Å². The van der Waals surface area contributed by atoms with Crippen LogP contribution in [0.3, 0.4) is 0 Å². The fourth-order valence-electron chi connectivity index (χ4n) is 4.90. The van der Waals surface area contributed by atoms with Crippen LogP contribution in [0.2, 0.25) is 0 Å². The molecule has 0 aliphatic heterocycles. The van der Waals surface area contributed by atoms with Crippen LogP contribution in [-0.2, 0) is 20.1 Å². The van der Waals surface area contributed by atoms with Gasteiger partial charge in [-0.15, -0.1) is 90.0 Å². The summed E-state index contributed by atoms with van der Waals surface area (Å²) in [5.74, 6) is 1.88. The smallest absolute Gasteiger partial charge is 0.481 e. The molecule has 234 valence electrons. The van der Waals surface area contributed by atoms with Crippen molar-refractivity contribution in [2.45, 2.75) is 13.8 Å². The van der Waals surface area contributed by atoms with Crippen LogP contribution >= 0.6 is 0 Å². The van der Waals surface area contributed by atoms with Gasteiger partial charge in [0.1, 0.15) is 34.4 Å². The molecule has 0 unspecified atom stereocenters. The van der Waals surface area contributed by atoms with Gasteiger partial charge in [-0.25, -0.2) is 0 Å². The Morgan fingerprint density at radius 3 is 1.17 bits per heavy atom. The molecule has 0 N–H and O–H groups in total. The molecule has 6 aromatic carbocycles. The number of hydrogen-bond donors (Lipinski definition) is 0. The third-order valence-corrected chi connectivity index (χ3v) is 7.20. The number of benzene rings is 6. The summed E-state index contributed by atoms with van der Waals surface area (Å²) in [5.41, 5.74) is 10.1. The van der Waals surface area contributed by atoms with Gasteiger partial charge >= 0.3 is 20.1 Å². The van der Waals surface area contributed by atoms with Crippen LogP contribution in [0.4, 0.5) is 0 Å². The monoisotopic (exact) mass is 803 g/mol. The molecule has 0 bridgehead atoms. The van der Waals surface area contributed by atoms with Crippen molar-refractivity contribution in [3.63, 3.8) is 0 Å². The Morgan fingerprint density at radius 2 is 0.792 bits per heavy atom. The number of rotatable bonds is 3. The largest absolute Gasteiger partial charge is 3.00 e. The summed E-state index contributed by atoms with van der Waals surface area (Å²) in [6.07, 6.45) is 0. The van der Waals surface area contributed by atoms with Crippen molar-refractivity contribution in [1.29, 1.82) is 0 Å². The molecule has 9 rings (SSSR count). The number of aryl methyl sites for hydroxylation is 2. The third-order valence-electron chi connectivity index (χ3n) is 7.20. The van der Waals surface area contributed by atoms with Crippen LogP contribution in [0.5, 0.6) is 0 Å². The summed E-state index contributed by atoms with van der Waals surface area (Å²) in [6.45, 7) is 4.08. The minimum atomic E-state index is 0. The van der Waals surface area contributed by atoms with Gasteiger partial charge in [0.25, 0.3) is 0 Å². The molecule has 0 atom stereocenters. The Labute approximate surface area is 291 Å². The molecular weight excluding hydrogens is 775 g/mol. The molecule has 6 nitrogen and oxygen atoms in total. The van der Waals surface area contributed by atoms with Gasteiger partial charge in [-0.2, -0.15) is 0 Å². The average Bonchev–Trinajstić information content (AvgIpc) is 3.86. The zero-order valence-corrected chi connectivity index (χ0v) is 28.5. The third kappa shape index (κ3) is 7.50. The predicted octanol–water partition coefficient (Wildman–Crippen LogP) is 10.5. The minimum Gasteiger partial charge on any atom is -0.481 e.